The van der Waals surface area contributed by atoms with Gasteiger partial charge in [-0.2, -0.15) is 0 Å². The lowest BCUT2D eigenvalue weighted by atomic mass is 10.2. The molecule has 1 aliphatic rings. The van der Waals surface area contributed by atoms with Crippen LogP contribution in [0.2, 0.25) is 0 Å². The molecule has 0 saturated carbocycles. The number of carbonyl (C=O) groups is 2. The second-order valence-electron chi connectivity index (χ2n) is 4.85. The molecule has 0 unspecified atom stereocenters. The maximum atomic E-state index is 12.5. The van der Waals surface area contributed by atoms with Crippen LogP contribution in [0.3, 0.4) is 0 Å². The van der Waals surface area contributed by atoms with Crippen LogP contribution in [0.4, 0.5) is 10.5 Å². The fourth-order valence-corrected chi connectivity index (χ4v) is 3.09. The Morgan fingerprint density at radius 1 is 1.04 bits per heavy atom. The van der Waals surface area contributed by atoms with Crippen LogP contribution in [-0.4, -0.2) is 17.8 Å². The van der Waals surface area contributed by atoms with Crippen molar-refractivity contribution in [3.05, 3.63) is 65.1 Å². The Hall–Kier alpha value is -2.53. The molecular formula is C18H15NO3S. The number of hydrogen-bond donors (Lipinski definition) is 0. The average Bonchev–Trinajstić information content (AvgIpc) is 2.84. The first kappa shape index (κ1) is 15.4. The van der Waals surface area contributed by atoms with Crippen LogP contribution in [-0.2, 0) is 4.79 Å². The fourth-order valence-electron chi connectivity index (χ4n) is 2.25. The van der Waals surface area contributed by atoms with E-state index in [1.165, 1.54) is 4.90 Å². The maximum absolute atomic E-state index is 12.5. The molecule has 1 heterocycles. The lowest BCUT2D eigenvalue weighted by molar-refractivity contribution is -0.113. The molecule has 1 fully saturated rings. The predicted molar refractivity (Wildman–Crippen MR) is 92.5 cm³/mol. The van der Waals surface area contributed by atoms with Crippen LogP contribution in [0.5, 0.6) is 5.75 Å². The van der Waals surface area contributed by atoms with Crippen molar-refractivity contribution in [1.82, 2.24) is 0 Å². The molecule has 1 saturated heterocycles. The summed E-state index contributed by atoms with van der Waals surface area (Å²) in [5.41, 5.74) is 1.44. The summed E-state index contributed by atoms with van der Waals surface area (Å²) in [6.45, 7) is 2.47. The third-order valence-corrected chi connectivity index (χ3v) is 4.17. The van der Waals surface area contributed by atoms with E-state index in [1.807, 2.05) is 37.3 Å². The number of amides is 2. The monoisotopic (exact) mass is 325 g/mol. The van der Waals surface area contributed by atoms with Gasteiger partial charge in [0.2, 0.25) is 0 Å². The van der Waals surface area contributed by atoms with Crippen molar-refractivity contribution in [3.63, 3.8) is 0 Å². The fraction of sp³-hybridized carbons (Fsp3) is 0.111. The molecule has 2 amide bonds. The van der Waals surface area contributed by atoms with Crippen molar-refractivity contribution in [2.75, 3.05) is 11.5 Å². The zero-order valence-electron chi connectivity index (χ0n) is 12.6. The van der Waals surface area contributed by atoms with Crippen LogP contribution in [0.25, 0.3) is 6.08 Å². The molecule has 2 aromatic rings. The highest BCUT2D eigenvalue weighted by molar-refractivity contribution is 8.19. The number of nitrogens with zero attached hydrogens (tertiary/aromatic N) is 1. The van der Waals surface area contributed by atoms with Gasteiger partial charge in [-0.3, -0.25) is 9.59 Å². The van der Waals surface area contributed by atoms with E-state index < -0.39 is 0 Å². The second kappa shape index (κ2) is 6.71. The first-order chi connectivity index (χ1) is 11.2. The van der Waals surface area contributed by atoms with Gasteiger partial charge in [0.1, 0.15) is 5.75 Å². The number of carbonyl (C=O) groups excluding carboxylic acids is 2. The summed E-state index contributed by atoms with van der Waals surface area (Å²) in [6, 6.07) is 16.4. The van der Waals surface area contributed by atoms with Crippen molar-refractivity contribution in [2.24, 2.45) is 0 Å². The summed E-state index contributed by atoms with van der Waals surface area (Å²) in [7, 11) is 0. The molecule has 0 aliphatic carbocycles. The van der Waals surface area contributed by atoms with E-state index >= 15 is 0 Å². The first-order valence-corrected chi connectivity index (χ1v) is 8.06. The molecule has 1 aliphatic heterocycles. The van der Waals surface area contributed by atoms with E-state index in [9.17, 15) is 9.59 Å². The third-order valence-electron chi connectivity index (χ3n) is 3.30. The highest BCUT2D eigenvalue weighted by Crippen LogP contribution is 2.36. The van der Waals surface area contributed by atoms with Gasteiger partial charge >= 0.3 is 0 Å². The Morgan fingerprint density at radius 2 is 1.74 bits per heavy atom. The maximum Gasteiger partial charge on any atom is 0.298 e. The molecule has 23 heavy (non-hydrogen) atoms. The van der Waals surface area contributed by atoms with E-state index in [2.05, 4.69) is 0 Å². The molecule has 3 rings (SSSR count). The molecule has 0 spiro atoms. The first-order valence-electron chi connectivity index (χ1n) is 7.25. The van der Waals surface area contributed by atoms with Gasteiger partial charge in [0.05, 0.1) is 17.2 Å². The van der Waals surface area contributed by atoms with Crippen LogP contribution < -0.4 is 9.64 Å². The van der Waals surface area contributed by atoms with Crippen molar-refractivity contribution in [1.29, 1.82) is 0 Å². The highest BCUT2D eigenvalue weighted by atomic mass is 32.2. The van der Waals surface area contributed by atoms with Crippen LogP contribution in [0.1, 0.15) is 12.5 Å². The van der Waals surface area contributed by atoms with Crippen LogP contribution in [0.15, 0.2) is 59.5 Å². The lowest BCUT2D eigenvalue weighted by Gasteiger charge is -2.13. The van der Waals surface area contributed by atoms with Crippen LogP contribution in [0, 0.1) is 0 Å². The smallest absolute Gasteiger partial charge is 0.298 e. The SMILES string of the molecule is CCOc1ccc(N2C(=O)S/C(=C/c3ccccc3)C2=O)cc1. The molecular weight excluding hydrogens is 310 g/mol. The van der Waals surface area contributed by atoms with Crippen molar-refractivity contribution >= 4 is 34.7 Å². The largest absolute Gasteiger partial charge is 0.494 e. The molecule has 0 radical (unpaired) electrons. The van der Waals surface area contributed by atoms with Gasteiger partial charge in [-0.05, 0) is 54.6 Å². The molecule has 0 aromatic heterocycles. The molecule has 4 nitrogen and oxygen atoms in total. The van der Waals surface area contributed by atoms with Gasteiger partial charge in [0.25, 0.3) is 11.1 Å². The topological polar surface area (TPSA) is 46.6 Å². The summed E-state index contributed by atoms with van der Waals surface area (Å²) in [5, 5.41) is -0.290. The summed E-state index contributed by atoms with van der Waals surface area (Å²) in [6.07, 6.45) is 1.74. The number of imide groups is 1. The van der Waals surface area contributed by atoms with Gasteiger partial charge in [0, 0.05) is 0 Å². The zero-order chi connectivity index (χ0) is 16.2. The minimum absolute atomic E-state index is 0.290. The molecule has 0 bridgehead atoms. The van der Waals surface area contributed by atoms with Crippen molar-refractivity contribution in [3.8, 4) is 5.75 Å². The van der Waals surface area contributed by atoms with E-state index in [-0.39, 0.29) is 11.1 Å². The molecule has 116 valence electrons. The van der Waals surface area contributed by atoms with Gasteiger partial charge in [-0.15, -0.1) is 0 Å². The van der Waals surface area contributed by atoms with E-state index in [4.69, 9.17) is 4.74 Å². The Balaban J connectivity index is 1.85. The Labute approximate surface area is 138 Å². The van der Waals surface area contributed by atoms with Crippen molar-refractivity contribution < 1.29 is 14.3 Å². The number of hydrogen-bond acceptors (Lipinski definition) is 4. The number of thioether (sulfide) groups is 1. The molecule has 0 atom stereocenters. The van der Waals surface area contributed by atoms with Gasteiger partial charge in [-0.1, -0.05) is 30.3 Å². The van der Waals surface area contributed by atoms with Gasteiger partial charge in [-0.25, -0.2) is 4.90 Å². The van der Waals surface area contributed by atoms with E-state index in [1.54, 1.807) is 30.3 Å². The van der Waals surface area contributed by atoms with E-state index in [0.717, 1.165) is 17.3 Å². The summed E-state index contributed by atoms with van der Waals surface area (Å²) < 4.78 is 5.37. The number of rotatable bonds is 4. The highest BCUT2D eigenvalue weighted by Gasteiger charge is 2.36. The quantitative estimate of drug-likeness (QED) is 0.785. The summed E-state index contributed by atoms with van der Waals surface area (Å²) in [5.74, 6) is 0.413. The number of anilines is 1. The molecule has 2 aromatic carbocycles. The Morgan fingerprint density at radius 3 is 2.39 bits per heavy atom. The van der Waals surface area contributed by atoms with E-state index in [0.29, 0.717) is 22.9 Å². The third kappa shape index (κ3) is 3.29. The number of ether oxygens (including phenoxy) is 1. The zero-order valence-corrected chi connectivity index (χ0v) is 13.4. The lowest BCUT2D eigenvalue weighted by Crippen LogP contribution is -2.27. The molecule has 0 N–H and O–H groups in total. The standard InChI is InChI=1S/C18H15NO3S/c1-2-22-15-10-8-14(9-11-15)19-17(20)16(23-18(19)21)12-13-6-4-3-5-7-13/h3-12H,2H2,1H3/b16-12+. The summed E-state index contributed by atoms with van der Waals surface area (Å²) in [4.78, 5) is 26.3. The minimum atomic E-state index is -0.298. The number of benzene rings is 2. The second-order valence-corrected chi connectivity index (χ2v) is 5.85. The Kier molecular flexibility index (Phi) is 4.48. The van der Waals surface area contributed by atoms with Crippen molar-refractivity contribution in [2.45, 2.75) is 6.92 Å². The molecule has 5 heteroatoms. The normalized spacial score (nSPS) is 16.2. The Bertz CT molecular complexity index is 754. The van der Waals surface area contributed by atoms with Crippen LogP contribution >= 0.6 is 11.8 Å². The van der Waals surface area contributed by atoms with Gasteiger partial charge < -0.3 is 4.74 Å². The average molecular weight is 325 g/mol. The summed E-state index contributed by atoms with van der Waals surface area (Å²) >= 11 is 0.953. The predicted octanol–water partition coefficient (Wildman–Crippen LogP) is 4.33. The minimum Gasteiger partial charge on any atom is -0.494 e. The van der Waals surface area contributed by atoms with Gasteiger partial charge in [0.15, 0.2) is 0 Å².